The molecule has 1 aliphatic heterocycles. The summed E-state index contributed by atoms with van der Waals surface area (Å²) in [6.45, 7) is 7.89. The highest BCUT2D eigenvalue weighted by molar-refractivity contribution is 6.62. The van der Waals surface area contributed by atoms with Crippen LogP contribution in [0.5, 0.6) is 0 Å². The standard InChI is InChI=1S/C16H21BN4O4/c1-15(2)16(3,4)25-17(24-15)8-5-6-9-10(7-8)20-13(21-14(19)23)11(9)12(18)22/h5-7,20H,1-4H3,(H2,18,22)(H3,19,21,23). The van der Waals surface area contributed by atoms with Crippen LogP contribution < -0.4 is 22.2 Å². The van der Waals surface area contributed by atoms with Crippen molar-refractivity contribution >= 4 is 41.2 Å². The molecule has 2 heterocycles. The fourth-order valence-electron chi connectivity index (χ4n) is 2.81. The van der Waals surface area contributed by atoms with Crippen LogP contribution >= 0.6 is 0 Å². The number of hydrogen-bond donors (Lipinski definition) is 4. The quantitative estimate of drug-likeness (QED) is 0.620. The minimum Gasteiger partial charge on any atom is -0.399 e. The minimum absolute atomic E-state index is 0.168. The molecule has 0 radical (unpaired) electrons. The van der Waals surface area contributed by atoms with Crippen molar-refractivity contribution in [1.82, 2.24) is 4.98 Å². The molecule has 1 fully saturated rings. The predicted octanol–water partition coefficient (Wildman–Crippen LogP) is 1.06. The fraction of sp³-hybridized carbons (Fsp3) is 0.375. The van der Waals surface area contributed by atoms with Crippen molar-refractivity contribution in [1.29, 1.82) is 0 Å². The van der Waals surface area contributed by atoms with E-state index in [2.05, 4.69) is 10.3 Å². The van der Waals surface area contributed by atoms with Gasteiger partial charge in [0.1, 0.15) is 5.82 Å². The molecular weight excluding hydrogens is 323 g/mol. The molecule has 1 saturated heterocycles. The Morgan fingerprint density at radius 2 is 1.72 bits per heavy atom. The third kappa shape index (κ3) is 2.85. The molecule has 25 heavy (non-hydrogen) atoms. The lowest BCUT2D eigenvalue weighted by atomic mass is 9.79. The Balaban J connectivity index is 2.04. The number of urea groups is 1. The van der Waals surface area contributed by atoms with Gasteiger partial charge in [-0.1, -0.05) is 12.1 Å². The van der Waals surface area contributed by atoms with Crippen LogP contribution in [0.1, 0.15) is 38.1 Å². The summed E-state index contributed by atoms with van der Waals surface area (Å²) in [5.41, 5.74) is 11.2. The number of aromatic nitrogens is 1. The second kappa shape index (κ2) is 5.50. The van der Waals surface area contributed by atoms with E-state index in [9.17, 15) is 9.59 Å². The molecule has 0 bridgehead atoms. The molecule has 2 aromatic rings. The van der Waals surface area contributed by atoms with Gasteiger partial charge in [-0.15, -0.1) is 0 Å². The van der Waals surface area contributed by atoms with Gasteiger partial charge in [-0.3, -0.25) is 10.1 Å². The number of hydrogen-bond acceptors (Lipinski definition) is 4. The van der Waals surface area contributed by atoms with Crippen LogP contribution in [0.25, 0.3) is 10.9 Å². The molecule has 1 aliphatic rings. The Kier molecular flexibility index (Phi) is 3.81. The van der Waals surface area contributed by atoms with Crippen LogP contribution in [0, 0.1) is 0 Å². The van der Waals surface area contributed by atoms with Gasteiger partial charge in [0, 0.05) is 10.9 Å². The first kappa shape index (κ1) is 17.3. The monoisotopic (exact) mass is 344 g/mol. The Morgan fingerprint density at radius 3 is 2.24 bits per heavy atom. The number of anilines is 1. The van der Waals surface area contributed by atoms with Gasteiger partial charge in [0.25, 0.3) is 5.91 Å². The lowest BCUT2D eigenvalue weighted by molar-refractivity contribution is 0.00578. The lowest BCUT2D eigenvalue weighted by Gasteiger charge is -2.32. The van der Waals surface area contributed by atoms with Crippen LogP contribution in [0.4, 0.5) is 10.6 Å². The molecule has 6 N–H and O–H groups in total. The Labute approximate surface area is 145 Å². The highest BCUT2D eigenvalue weighted by Gasteiger charge is 2.51. The van der Waals surface area contributed by atoms with Crippen molar-refractivity contribution in [2.45, 2.75) is 38.9 Å². The van der Waals surface area contributed by atoms with Crippen LogP contribution in [0.3, 0.4) is 0 Å². The van der Waals surface area contributed by atoms with E-state index in [1.54, 1.807) is 18.2 Å². The van der Waals surface area contributed by atoms with Crippen molar-refractivity contribution < 1.29 is 18.9 Å². The average Bonchev–Trinajstić information content (AvgIpc) is 2.91. The number of rotatable bonds is 3. The Hall–Kier alpha value is -2.52. The van der Waals surface area contributed by atoms with E-state index in [1.165, 1.54) is 0 Å². The van der Waals surface area contributed by atoms with Crippen LogP contribution in [-0.4, -0.2) is 35.2 Å². The SMILES string of the molecule is CC1(C)OB(c2ccc3c(C(N)=O)c(NC(N)=O)[nH]c3c2)OC1(C)C. The second-order valence-electron chi connectivity index (χ2n) is 7.12. The molecule has 0 unspecified atom stereocenters. The van der Waals surface area contributed by atoms with Crippen LogP contribution in [0.2, 0.25) is 0 Å². The molecular formula is C16H21BN4O4. The molecule has 0 saturated carbocycles. The normalized spacial score (nSPS) is 18.5. The predicted molar refractivity (Wildman–Crippen MR) is 95.7 cm³/mol. The van der Waals surface area contributed by atoms with E-state index in [4.69, 9.17) is 20.8 Å². The number of H-pyrrole nitrogens is 1. The first-order valence-electron chi connectivity index (χ1n) is 7.89. The number of nitrogens with two attached hydrogens (primary N) is 2. The number of amides is 3. The summed E-state index contributed by atoms with van der Waals surface area (Å²) in [7, 11) is -0.540. The molecule has 0 atom stereocenters. The van der Waals surface area contributed by atoms with Gasteiger partial charge >= 0.3 is 13.1 Å². The summed E-state index contributed by atoms with van der Waals surface area (Å²) in [6.07, 6.45) is 0. The van der Waals surface area contributed by atoms with E-state index in [1.807, 2.05) is 27.7 Å². The number of nitrogens with one attached hydrogen (secondary N) is 2. The summed E-state index contributed by atoms with van der Waals surface area (Å²) < 4.78 is 12.1. The maximum atomic E-state index is 11.8. The zero-order valence-corrected chi connectivity index (χ0v) is 14.6. The Bertz CT molecular complexity index is 858. The van der Waals surface area contributed by atoms with Crippen LogP contribution in [0.15, 0.2) is 18.2 Å². The van der Waals surface area contributed by atoms with Crippen molar-refractivity contribution in [2.24, 2.45) is 11.5 Å². The first-order chi connectivity index (χ1) is 11.5. The van der Waals surface area contributed by atoms with Crippen molar-refractivity contribution in [3.8, 4) is 0 Å². The van der Waals surface area contributed by atoms with Gasteiger partial charge in [-0.05, 0) is 39.2 Å². The second-order valence-corrected chi connectivity index (χ2v) is 7.12. The summed E-state index contributed by atoms with van der Waals surface area (Å²) in [6, 6.07) is 4.55. The molecule has 0 aliphatic carbocycles. The van der Waals surface area contributed by atoms with Crippen LogP contribution in [-0.2, 0) is 9.31 Å². The largest absolute Gasteiger partial charge is 0.494 e. The first-order valence-corrected chi connectivity index (χ1v) is 7.89. The van der Waals surface area contributed by atoms with Gasteiger partial charge in [-0.2, -0.15) is 0 Å². The summed E-state index contributed by atoms with van der Waals surface area (Å²) in [5.74, 6) is -0.501. The highest BCUT2D eigenvalue weighted by atomic mass is 16.7. The number of primary amides is 2. The van der Waals surface area contributed by atoms with Gasteiger partial charge < -0.3 is 25.8 Å². The van der Waals surface area contributed by atoms with Gasteiger partial charge in [-0.25, -0.2) is 4.79 Å². The maximum Gasteiger partial charge on any atom is 0.494 e. The molecule has 3 rings (SSSR count). The molecule has 1 aromatic heterocycles. The van der Waals surface area contributed by atoms with Crippen molar-refractivity contribution in [2.75, 3.05) is 5.32 Å². The third-order valence-electron chi connectivity index (χ3n) is 4.84. The van der Waals surface area contributed by atoms with Gasteiger partial charge in [0.05, 0.1) is 16.8 Å². The van der Waals surface area contributed by atoms with E-state index in [0.717, 1.165) is 5.46 Å². The topological polar surface area (TPSA) is 132 Å². The van der Waals surface area contributed by atoms with E-state index in [-0.39, 0.29) is 11.4 Å². The van der Waals surface area contributed by atoms with E-state index >= 15 is 0 Å². The fourth-order valence-corrected chi connectivity index (χ4v) is 2.81. The summed E-state index contributed by atoms with van der Waals surface area (Å²) in [5, 5.41) is 2.96. The average molecular weight is 344 g/mol. The van der Waals surface area contributed by atoms with E-state index in [0.29, 0.717) is 10.9 Å². The molecule has 3 amide bonds. The van der Waals surface area contributed by atoms with Gasteiger partial charge in [0.2, 0.25) is 0 Å². The third-order valence-corrected chi connectivity index (χ3v) is 4.84. The molecule has 0 spiro atoms. The van der Waals surface area contributed by atoms with Crippen molar-refractivity contribution in [3.05, 3.63) is 23.8 Å². The highest BCUT2D eigenvalue weighted by Crippen LogP contribution is 2.36. The summed E-state index contributed by atoms with van der Waals surface area (Å²) >= 11 is 0. The zero-order valence-electron chi connectivity index (χ0n) is 14.6. The smallest absolute Gasteiger partial charge is 0.399 e. The summed E-state index contributed by atoms with van der Waals surface area (Å²) in [4.78, 5) is 25.8. The number of carbonyl (C=O) groups excluding carboxylic acids is 2. The zero-order chi connectivity index (χ0) is 18.6. The van der Waals surface area contributed by atoms with E-state index < -0.39 is 30.3 Å². The molecule has 9 heteroatoms. The Morgan fingerprint density at radius 1 is 1.12 bits per heavy atom. The molecule has 8 nitrogen and oxygen atoms in total. The number of aromatic amines is 1. The minimum atomic E-state index is -0.791. The maximum absolute atomic E-state index is 11.8. The molecule has 1 aromatic carbocycles. The number of fused-ring (bicyclic) bond motifs is 1. The number of carbonyl (C=O) groups is 2. The molecule has 132 valence electrons. The van der Waals surface area contributed by atoms with Crippen molar-refractivity contribution in [3.63, 3.8) is 0 Å². The van der Waals surface area contributed by atoms with Gasteiger partial charge in [0.15, 0.2) is 0 Å². The number of benzene rings is 1. The lowest BCUT2D eigenvalue weighted by Crippen LogP contribution is -2.41.